The van der Waals surface area contributed by atoms with Gasteiger partial charge in [-0.1, -0.05) is 26.8 Å². The van der Waals surface area contributed by atoms with Crippen molar-refractivity contribution in [1.29, 1.82) is 0 Å². The maximum atomic E-state index is 13.1. The largest absolute Gasteiger partial charge is 0.465 e. The highest BCUT2D eigenvalue weighted by atomic mass is 16.6. The van der Waals surface area contributed by atoms with E-state index in [1.165, 1.54) is 6.92 Å². The lowest BCUT2D eigenvalue weighted by atomic mass is 9.44. The van der Waals surface area contributed by atoms with Gasteiger partial charge in [0.1, 0.15) is 17.8 Å². The molecule has 0 radical (unpaired) electrons. The average Bonchev–Trinajstić information content (AvgIpc) is 2.80. The summed E-state index contributed by atoms with van der Waals surface area (Å²) in [7, 11) is 0. The minimum absolute atomic E-state index is 0.0930. The zero-order valence-corrected chi connectivity index (χ0v) is 16.9. The van der Waals surface area contributed by atoms with Crippen molar-refractivity contribution in [1.82, 2.24) is 0 Å². The molecule has 1 saturated heterocycles. The summed E-state index contributed by atoms with van der Waals surface area (Å²) < 4.78 is 11.5. The predicted octanol–water partition coefficient (Wildman–Crippen LogP) is 2.43. The van der Waals surface area contributed by atoms with Crippen LogP contribution in [0.4, 0.5) is 0 Å². The summed E-state index contributed by atoms with van der Waals surface area (Å²) in [5.74, 6) is -1.74. The van der Waals surface area contributed by atoms with Gasteiger partial charge in [0.25, 0.3) is 0 Å². The van der Waals surface area contributed by atoms with Crippen molar-refractivity contribution in [3.8, 4) is 0 Å². The molecule has 4 rings (SSSR count). The van der Waals surface area contributed by atoms with Crippen molar-refractivity contribution in [2.75, 3.05) is 6.61 Å². The molecule has 4 aliphatic rings. The summed E-state index contributed by atoms with van der Waals surface area (Å²) in [6.07, 6.45) is 2.92. The van der Waals surface area contributed by atoms with Crippen molar-refractivity contribution in [3.05, 3.63) is 12.2 Å². The molecule has 1 N–H and O–H groups in total. The van der Waals surface area contributed by atoms with E-state index in [1.807, 2.05) is 0 Å². The molecule has 0 aromatic carbocycles. The third-order valence-corrected chi connectivity index (χ3v) is 8.24. The molecule has 7 atom stereocenters. The summed E-state index contributed by atoms with van der Waals surface area (Å²) in [5, 5.41) is 11.1. The number of carbonyl (C=O) groups is 3. The highest BCUT2D eigenvalue weighted by molar-refractivity contribution is 5.82. The lowest BCUT2D eigenvalue weighted by Gasteiger charge is -2.62. The Labute approximate surface area is 165 Å². The Bertz CT molecular complexity index is 741. The molecule has 3 aliphatic carbocycles. The Morgan fingerprint density at radius 3 is 2.71 bits per heavy atom. The van der Waals surface area contributed by atoms with Gasteiger partial charge in [0.2, 0.25) is 0 Å². The first-order chi connectivity index (χ1) is 13.1. The van der Waals surface area contributed by atoms with Crippen LogP contribution in [0.1, 0.15) is 52.9 Å². The number of esters is 2. The molecule has 3 saturated carbocycles. The number of rotatable bonds is 2. The van der Waals surface area contributed by atoms with Crippen LogP contribution in [-0.2, 0) is 23.9 Å². The van der Waals surface area contributed by atoms with Gasteiger partial charge in [-0.25, -0.2) is 0 Å². The first-order valence-electron chi connectivity index (χ1n) is 10.3. The van der Waals surface area contributed by atoms with Crippen molar-refractivity contribution in [2.45, 2.75) is 65.1 Å². The highest BCUT2D eigenvalue weighted by Gasteiger charge is 2.74. The number of carbonyl (C=O) groups excluding carboxylic acids is 3. The first-order valence-corrected chi connectivity index (χ1v) is 10.3. The molecule has 0 unspecified atom stereocenters. The van der Waals surface area contributed by atoms with Crippen LogP contribution in [0.15, 0.2) is 12.2 Å². The van der Waals surface area contributed by atoms with Crippen LogP contribution in [0.5, 0.6) is 0 Å². The van der Waals surface area contributed by atoms with Crippen molar-refractivity contribution >= 4 is 18.2 Å². The maximum absolute atomic E-state index is 13.1. The summed E-state index contributed by atoms with van der Waals surface area (Å²) in [4.78, 5) is 37.4. The smallest absolute Gasteiger partial charge is 0.315 e. The van der Waals surface area contributed by atoms with Gasteiger partial charge in [-0.2, -0.15) is 0 Å². The minimum Gasteiger partial charge on any atom is -0.465 e. The van der Waals surface area contributed by atoms with Crippen LogP contribution in [0, 0.1) is 34.0 Å². The van der Waals surface area contributed by atoms with E-state index in [2.05, 4.69) is 20.4 Å². The molecular weight excluding hydrogens is 360 g/mol. The molecule has 1 heterocycles. The minimum atomic E-state index is -1.19. The van der Waals surface area contributed by atoms with E-state index in [9.17, 15) is 19.5 Å². The van der Waals surface area contributed by atoms with Crippen LogP contribution < -0.4 is 0 Å². The molecule has 6 nitrogen and oxygen atoms in total. The number of aldehydes is 1. The molecule has 0 amide bonds. The average molecular weight is 390 g/mol. The van der Waals surface area contributed by atoms with Crippen LogP contribution in [0.25, 0.3) is 0 Å². The van der Waals surface area contributed by atoms with E-state index in [-0.39, 0.29) is 23.9 Å². The molecule has 2 bridgehead atoms. The second-order valence-electron chi connectivity index (χ2n) is 10.0. The van der Waals surface area contributed by atoms with Gasteiger partial charge >= 0.3 is 11.9 Å². The molecular formula is C22H30O6. The SMILES string of the molecule is C=C1[C@@H]2C[C@@H](OC(C)=O)[C@@H]3[C@@]4(CCCC(C)(C)[C@H]4C=O)COC(=O)[C@]3(C2)[C@@H]1O. The van der Waals surface area contributed by atoms with E-state index in [4.69, 9.17) is 9.47 Å². The fourth-order valence-corrected chi connectivity index (χ4v) is 7.24. The van der Waals surface area contributed by atoms with E-state index in [1.54, 1.807) is 0 Å². The standard InChI is InChI=1S/C22H30O6/c1-12-14-8-15(28-13(2)24)17-21(7-5-6-20(3,4)16(21)10-23)11-27-19(26)22(17,9-14)18(12)25/h10,14-18,25H,1,5-9,11H2,2-4H3/t14-,15-,16-,17-,18-,21+,22+/m1/s1. The Morgan fingerprint density at radius 1 is 1.36 bits per heavy atom. The van der Waals surface area contributed by atoms with Gasteiger partial charge in [-0.05, 0) is 42.6 Å². The predicted molar refractivity (Wildman–Crippen MR) is 99.9 cm³/mol. The molecule has 1 aliphatic heterocycles. The number of hydrogen-bond acceptors (Lipinski definition) is 6. The van der Waals surface area contributed by atoms with Gasteiger partial charge in [-0.15, -0.1) is 0 Å². The van der Waals surface area contributed by atoms with Crippen molar-refractivity contribution in [2.24, 2.45) is 34.0 Å². The van der Waals surface area contributed by atoms with E-state index in [0.717, 1.165) is 19.1 Å². The first kappa shape index (κ1) is 19.6. The second-order valence-corrected chi connectivity index (χ2v) is 10.0. The number of aliphatic hydroxyl groups is 1. The summed E-state index contributed by atoms with van der Waals surface area (Å²) in [5.41, 5.74) is -1.48. The van der Waals surface area contributed by atoms with Crippen molar-refractivity contribution < 1.29 is 29.0 Å². The van der Waals surface area contributed by atoms with Gasteiger partial charge in [0, 0.05) is 24.2 Å². The molecule has 6 heteroatoms. The molecule has 0 aromatic heterocycles. The van der Waals surface area contributed by atoms with E-state index >= 15 is 0 Å². The second kappa shape index (κ2) is 6.15. The highest BCUT2D eigenvalue weighted by Crippen LogP contribution is 2.69. The van der Waals surface area contributed by atoms with E-state index < -0.39 is 40.9 Å². The Morgan fingerprint density at radius 2 is 2.07 bits per heavy atom. The van der Waals surface area contributed by atoms with Crippen LogP contribution in [0.3, 0.4) is 0 Å². The number of cyclic esters (lactones) is 1. The third kappa shape index (κ3) is 2.33. The van der Waals surface area contributed by atoms with Gasteiger partial charge in [-0.3, -0.25) is 9.59 Å². The monoisotopic (exact) mass is 390 g/mol. The fraction of sp³-hybridized carbons (Fsp3) is 0.773. The molecule has 2 spiro atoms. The van der Waals surface area contributed by atoms with Crippen LogP contribution in [0.2, 0.25) is 0 Å². The molecule has 28 heavy (non-hydrogen) atoms. The zero-order chi connectivity index (χ0) is 20.5. The number of aliphatic hydroxyl groups excluding tert-OH is 1. The van der Waals surface area contributed by atoms with Gasteiger partial charge in [0.05, 0.1) is 12.7 Å². The fourth-order valence-electron chi connectivity index (χ4n) is 7.24. The van der Waals surface area contributed by atoms with Crippen LogP contribution >= 0.6 is 0 Å². The maximum Gasteiger partial charge on any atom is 0.315 e. The molecule has 0 aromatic rings. The summed E-state index contributed by atoms with van der Waals surface area (Å²) in [6, 6.07) is 0. The normalized spacial score (nSPS) is 46.6. The number of ether oxygens (including phenoxy) is 2. The van der Waals surface area contributed by atoms with E-state index in [0.29, 0.717) is 24.8 Å². The Balaban J connectivity index is 1.92. The van der Waals surface area contributed by atoms with Crippen LogP contribution in [-0.4, -0.2) is 42.1 Å². The topological polar surface area (TPSA) is 89.9 Å². The Hall–Kier alpha value is -1.69. The zero-order valence-electron chi connectivity index (χ0n) is 16.9. The quantitative estimate of drug-likeness (QED) is 0.442. The molecule has 4 fully saturated rings. The lowest BCUT2D eigenvalue weighted by Crippen LogP contribution is -2.67. The number of hydrogen-bond donors (Lipinski definition) is 1. The van der Waals surface area contributed by atoms with Gasteiger partial charge < -0.3 is 19.4 Å². The molecule has 154 valence electrons. The summed E-state index contributed by atoms with van der Waals surface area (Å²) >= 11 is 0. The summed E-state index contributed by atoms with van der Waals surface area (Å²) in [6.45, 7) is 9.69. The van der Waals surface area contributed by atoms with Crippen molar-refractivity contribution in [3.63, 3.8) is 0 Å². The third-order valence-electron chi connectivity index (χ3n) is 8.24. The Kier molecular flexibility index (Phi) is 4.31. The van der Waals surface area contributed by atoms with Gasteiger partial charge in [0.15, 0.2) is 0 Å². The number of fused-ring (bicyclic) bond motifs is 2. The lowest BCUT2D eigenvalue weighted by molar-refractivity contribution is -0.242.